The van der Waals surface area contributed by atoms with Crippen molar-refractivity contribution in [3.63, 3.8) is 0 Å². The molecule has 0 aromatic carbocycles. The molecule has 4 rings (SSSR count). The van der Waals surface area contributed by atoms with Gasteiger partial charge in [0.05, 0.1) is 29.7 Å². The van der Waals surface area contributed by atoms with Gasteiger partial charge in [0.2, 0.25) is 0 Å². The highest BCUT2D eigenvalue weighted by Gasteiger charge is 2.48. The molecule has 4 heterocycles. The van der Waals surface area contributed by atoms with E-state index in [9.17, 15) is 13.2 Å². The van der Waals surface area contributed by atoms with Crippen LogP contribution in [0.3, 0.4) is 0 Å². The maximum Gasteiger partial charge on any atom is 0.255 e. The van der Waals surface area contributed by atoms with Crippen molar-refractivity contribution < 1.29 is 17.6 Å². The minimum Gasteiger partial charge on any atom is -0.465 e. The number of carbonyl (C=O) groups excluding carboxylic acids is 1. The quantitative estimate of drug-likeness (QED) is 0.799. The third-order valence-electron chi connectivity index (χ3n) is 5.12. The average molecular weight is 375 g/mol. The Morgan fingerprint density at radius 1 is 1.23 bits per heavy atom. The van der Waals surface area contributed by atoms with Crippen LogP contribution in [0.25, 0.3) is 0 Å². The van der Waals surface area contributed by atoms with Crippen molar-refractivity contribution in [2.45, 2.75) is 25.6 Å². The van der Waals surface area contributed by atoms with Gasteiger partial charge >= 0.3 is 0 Å². The van der Waals surface area contributed by atoms with E-state index in [0.29, 0.717) is 25.2 Å². The fourth-order valence-corrected chi connectivity index (χ4v) is 5.91. The van der Waals surface area contributed by atoms with Gasteiger partial charge in [0.25, 0.3) is 5.91 Å². The summed E-state index contributed by atoms with van der Waals surface area (Å²) in [6, 6.07) is 6.70. The van der Waals surface area contributed by atoms with Crippen molar-refractivity contribution in [2.75, 3.05) is 24.6 Å². The third-order valence-corrected chi connectivity index (χ3v) is 6.81. The van der Waals surface area contributed by atoms with Gasteiger partial charge in [0.15, 0.2) is 9.84 Å². The number of pyridine rings is 1. The van der Waals surface area contributed by atoms with Crippen molar-refractivity contribution >= 4 is 15.7 Å². The number of nitrogens with zero attached hydrogens (tertiary/aromatic N) is 3. The molecule has 8 heteroatoms. The number of carbonyl (C=O) groups is 1. The predicted octanol–water partition coefficient (Wildman–Crippen LogP) is 1.11. The molecule has 2 aliphatic rings. The number of amides is 1. The molecule has 7 nitrogen and oxygen atoms in total. The number of aryl methyl sites for hydroxylation is 1. The number of hydrogen-bond acceptors (Lipinski definition) is 6. The number of furan rings is 1. The van der Waals surface area contributed by atoms with E-state index in [4.69, 9.17) is 4.42 Å². The lowest BCUT2D eigenvalue weighted by atomic mass is 10.0. The zero-order chi connectivity index (χ0) is 18.3. The SMILES string of the molecule is Cc1ccc(CN2CCN(C(=O)c3cccnc3)[C@H]3CS(=O)(=O)C[C@H]32)o1. The second-order valence-corrected chi connectivity index (χ2v) is 9.09. The summed E-state index contributed by atoms with van der Waals surface area (Å²) in [5, 5.41) is 0. The van der Waals surface area contributed by atoms with Crippen LogP contribution in [0, 0.1) is 6.92 Å². The molecule has 0 bridgehead atoms. The standard InChI is InChI=1S/C18H21N3O4S/c1-13-4-5-15(25-13)10-20-7-8-21(17-12-26(23,24)11-16(17)20)18(22)14-3-2-6-19-9-14/h2-6,9,16-17H,7-8,10-12H2,1H3/t16-,17+/m1/s1. The Kier molecular flexibility index (Phi) is 4.32. The fourth-order valence-electron chi connectivity index (χ4n) is 3.90. The molecule has 0 aliphatic carbocycles. The van der Waals surface area contributed by atoms with Gasteiger partial charge in [-0.1, -0.05) is 0 Å². The van der Waals surface area contributed by atoms with Crippen LogP contribution >= 0.6 is 0 Å². The molecule has 2 aliphatic heterocycles. The number of fused-ring (bicyclic) bond motifs is 1. The smallest absolute Gasteiger partial charge is 0.255 e. The molecule has 0 unspecified atom stereocenters. The van der Waals surface area contributed by atoms with E-state index in [1.807, 2.05) is 19.1 Å². The Labute approximate surface area is 152 Å². The van der Waals surface area contributed by atoms with Gasteiger partial charge in [0.1, 0.15) is 11.5 Å². The van der Waals surface area contributed by atoms with E-state index in [1.165, 1.54) is 6.20 Å². The zero-order valence-electron chi connectivity index (χ0n) is 14.5. The Morgan fingerprint density at radius 3 is 2.73 bits per heavy atom. The summed E-state index contributed by atoms with van der Waals surface area (Å²) in [6.45, 7) is 3.54. The fraction of sp³-hybridized carbons (Fsp3) is 0.444. The van der Waals surface area contributed by atoms with Crippen molar-refractivity contribution in [3.8, 4) is 0 Å². The summed E-state index contributed by atoms with van der Waals surface area (Å²) >= 11 is 0. The summed E-state index contributed by atoms with van der Waals surface area (Å²) in [6.07, 6.45) is 3.14. The maximum absolute atomic E-state index is 12.9. The molecule has 26 heavy (non-hydrogen) atoms. The van der Waals surface area contributed by atoms with Gasteiger partial charge in [-0.25, -0.2) is 8.42 Å². The first-order valence-corrected chi connectivity index (χ1v) is 10.5. The van der Waals surface area contributed by atoms with Crippen LogP contribution in [0.2, 0.25) is 0 Å². The molecule has 138 valence electrons. The van der Waals surface area contributed by atoms with Gasteiger partial charge in [-0.15, -0.1) is 0 Å². The number of rotatable bonds is 3. The van der Waals surface area contributed by atoms with E-state index in [-0.39, 0.29) is 29.5 Å². The van der Waals surface area contributed by atoms with Crippen LogP contribution in [-0.2, 0) is 16.4 Å². The van der Waals surface area contributed by atoms with Crippen LogP contribution in [0.15, 0.2) is 41.1 Å². The largest absolute Gasteiger partial charge is 0.465 e. The summed E-state index contributed by atoms with van der Waals surface area (Å²) in [5.74, 6) is 1.59. The second-order valence-electron chi connectivity index (χ2n) is 6.93. The molecule has 2 fully saturated rings. The Hall–Kier alpha value is -2.19. The first kappa shape index (κ1) is 17.2. The summed E-state index contributed by atoms with van der Waals surface area (Å²) in [7, 11) is -3.18. The van der Waals surface area contributed by atoms with Crippen LogP contribution in [-0.4, -0.2) is 65.8 Å². The van der Waals surface area contributed by atoms with Crippen LogP contribution < -0.4 is 0 Å². The van der Waals surface area contributed by atoms with Gasteiger partial charge in [-0.3, -0.25) is 14.7 Å². The number of aromatic nitrogens is 1. The molecular formula is C18H21N3O4S. The van der Waals surface area contributed by atoms with Gasteiger partial charge in [0, 0.05) is 31.5 Å². The second kappa shape index (κ2) is 6.51. The molecule has 0 spiro atoms. The maximum atomic E-state index is 12.9. The van der Waals surface area contributed by atoms with Crippen molar-refractivity contribution in [1.82, 2.24) is 14.8 Å². The van der Waals surface area contributed by atoms with E-state index in [2.05, 4.69) is 9.88 Å². The number of hydrogen-bond donors (Lipinski definition) is 0. The number of sulfone groups is 1. The average Bonchev–Trinajstić information content (AvgIpc) is 3.17. The summed E-state index contributed by atoms with van der Waals surface area (Å²) in [5.41, 5.74) is 0.491. The van der Waals surface area contributed by atoms with E-state index in [0.717, 1.165) is 11.5 Å². The molecule has 2 atom stereocenters. The highest BCUT2D eigenvalue weighted by atomic mass is 32.2. The van der Waals surface area contributed by atoms with Gasteiger partial charge in [-0.2, -0.15) is 0 Å². The number of piperazine rings is 1. The minimum absolute atomic E-state index is 0.0113. The lowest BCUT2D eigenvalue weighted by Gasteiger charge is -2.43. The van der Waals surface area contributed by atoms with Gasteiger partial charge in [-0.05, 0) is 31.2 Å². The van der Waals surface area contributed by atoms with Crippen molar-refractivity contribution in [2.24, 2.45) is 0 Å². The zero-order valence-corrected chi connectivity index (χ0v) is 15.4. The van der Waals surface area contributed by atoms with E-state index < -0.39 is 9.84 Å². The van der Waals surface area contributed by atoms with Gasteiger partial charge < -0.3 is 9.32 Å². The van der Waals surface area contributed by atoms with Crippen LogP contribution in [0.4, 0.5) is 0 Å². The van der Waals surface area contributed by atoms with Crippen LogP contribution in [0.1, 0.15) is 21.9 Å². The Morgan fingerprint density at radius 2 is 2.04 bits per heavy atom. The molecular weight excluding hydrogens is 354 g/mol. The summed E-state index contributed by atoms with van der Waals surface area (Å²) in [4.78, 5) is 20.7. The molecule has 2 aromatic rings. The predicted molar refractivity (Wildman–Crippen MR) is 95.4 cm³/mol. The Bertz CT molecular complexity index is 910. The van der Waals surface area contributed by atoms with E-state index >= 15 is 0 Å². The normalized spacial score (nSPS) is 25.2. The minimum atomic E-state index is -3.18. The van der Waals surface area contributed by atoms with Crippen molar-refractivity contribution in [3.05, 3.63) is 53.7 Å². The molecule has 0 radical (unpaired) electrons. The summed E-state index contributed by atoms with van der Waals surface area (Å²) < 4.78 is 30.3. The first-order valence-electron chi connectivity index (χ1n) is 8.64. The topological polar surface area (TPSA) is 83.7 Å². The highest BCUT2D eigenvalue weighted by molar-refractivity contribution is 7.91. The Balaban J connectivity index is 1.58. The first-order chi connectivity index (χ1) is 12.4. The molecule has 2 saturated heterocycles. The molecule has 0 N–H and O–H groups in total. The third kappa shape index (κ3) is 3.26. The van der Waals surface area contributed by atoms with E-state index in [1.54, 1.807) is 23.2 Å². The molecule has 2 aromatic heterocycles. The lowest BCUT2D eigenvalue weighted by molar-refractivity contribution is 0.0284. The van der Waals surface area contributed by atoms with Crippen molar-refractivity contribution in [1.29, 1.82) is 0 Å². The lowest BCUT2D eigenvalue weighted by Crippen LogP contribution is -2.60. The molecule has 0 saturated carbocycles. The molecule has 1 amide bonds. The highest BCUT2D eigenvalue weighted by Crippen LogP contribution is 2.29. The monoisotopic (exact) mass is 375 g/mol. The van der Waals surface area contributed by atoms with Crippen LogP contribution in [0.5, 0.6) is 0 Å².